The summed E-state index contributed by atoms with van der Waals surface area (Å²) in [5.41, 5.74) is 0.705. The Labute approximate surface area is 105 Å². The van der Waals surface area contributed by atoms with Crippen molar-refractivity contribution in [3.8, 4) is 0 Å². The van der Waals surface area contributed by atoms with E-state index in [1.807, 2.05) is 6.92 Å². The van der Waals surface area contributed by atoms with E-state index in [2.05, 4.69) is 0 Å². The summed E-state index contributed by atoms with van der Waals surface area (Å²) >= 11 is 5.67. The van der Waals surface area contributed by atoms with E-state index in [-0.39, 0.29) is 5.02 Å². The predicted octanol–water partition coefficient (Wildman–Crippen LogP) is 3.03. The van der Waals surface area contributed by atoms with Crippen molar-refractivity contribution in [3.05, 3.63) is 29.0 Å². The van der Waals surface area contributed by atoms with Crippen LogP contribution in [0.15, 0.2) is 18.2 Å². The van der Waals surface area contributed by atoms with Gasteiger partial charge in [0.2, 0.25) is 0 Å². The smallest absolute Gasteiger partial charge is 0.308 e. The lowest BCUT2D eigenvalue weighted by Gasteiger charge is -2.23. The lowest BCUT2D eigenvalue weighted by molar-refractivity contribution is -0.141. The van der Waals surface area contributed by atoms with Crippen molar-refractivity contribution in [3.63, 3.8) is 0 Å². The number of carbonyl (C=O) groups is 1. The Kier molecular flexibility index (Phi) is 4.75. The number of halogens is 2. The van der Waals surface area contributed by atoms with Crippen LogP contribution in [0.1, 0.15) is 13.3 Å². The molecule has 5 heteroatoms. The molecular formula is C12H15ClFNO2. The number of benzene rings is 1. The first-order chi connectivity index (χ1) is 7.95. The zero-order chi connectivity index (χ0) is 13.0. The quantitative estimate of drug-likeness (QED) is 0.884. The zero-order valence-electron chi connectivity index (χ0n) is 9.78. The molecule has 0 saturated carbocycles. The first kappa shape index (κ1) is 13.8. The van der Waals surface area contributed by atoms with Gasteiger partial charge in [-0.2, -0.15) is 0 Å². The molecule has 0 saturated heterocycles. The molecule has 3 nitrogen and oxygen atoms in total. The largest absolute Gasteiger partial charge is 0.481 e. The molecule has 1 rings (SSSR count). The van der Waals surface area contributed by atoms with E-state index in [1.165, 1.54) is 12.1 Å². The second-order valence-corrected chi connectivity index (χ2v) is 4.33. The van der Waals surface area contributed by atoms with E-state index in [0.29, 0.717) is 18.7 Å². The summed E-state index contributed by atoms with van der Waals surface area (Å²) in [5, 5.41) is 8.99. The molecule has 1 aromatic carbocycles. The van der Waals surface area contributed by atoms with E-state index < -0.39 is 17.7 Å². The van der Waals surface area contributed by atoms with Gasteiger partial charge in [0, 0.05) is 19.3 Å². The SMILES string of the molecule is CCC(CN(C)c1ccc(F)c(Cl)c1)C(=O)O. The number of hydrogen-bond acceptors (Lipinski definition) is 2. The van der Waals surface area contributed by atoms with Gasteiger partial charge in [0.15, 0.2) is 0 Å². The molecule has 0 bridgehead atoms. The summed E-state index contributed by atoms with van der Waals surface area (Å²) in [7, 11) is 1.76. The Hall–Kier alpha value is -1.29. The molecular weight excluding hydrogens is 245 g/mol. The molecule has 1 atom stereocenters. The average molecular weight is 260 g/mol. The number of anilines is 1. The fraction of sp³-hybridized carbons (Fsp3) is 0.417. The summed E-state index contributed by atoms with van der Waals surface area (Å²) in [5.74, 6) is -1.74. The van der Waals surface area contributed by atoms with Gasteiger partial charge in [0.1, 0.15) is 5.82 Å². The molecule has 94 valence electrons. The Morgan fingerprint density at radius 3 is 2.71 bits per heavy atom. The summed E-state index contributed by atoms with van der Waals surface area (Å²) in [6.07, 6.45) is 0.550. The average Bonchev–Trinajstić information content (AvgIpc) is 2.28. The fourth-order valence-electron chi connectivity index (χ4n) is 1.54. The zero-order valence-corrected chi connectivity index (χ0v) is 10.5. The summed E-state index contributed by atoms with van der Waals surface area (Å²) < 4.78 is 13.0. The normalized spacial score (nSPS) is 12.2. The topological polar surface area (TPSA) is 40.5 Å². The molecule has 0 aromatic heterocycles. The highest BCUT2D eigenvalue weighted by Crippen LogP contribution is 2.22. The van der Waals surface area contributed by atoms with Crippen molar-refractivity contribution in [2.24, 2.45) is 5.92 Å². The van der Waals surface area contributed by atoms with E-state index >= 15 is 0 Å². The summed E-state index contributed by atoms with van der Waals surface area (Å²) in [6, 6.07) is 4.34. The molecule has 0 aliphatic rings. The van der Waals surface area contributed by atoms with Gasteiger partial charge in [0.05, 0.1) is 10.9 Å². The molecule has 0 spiro atoms. The molecule has 0 radical (unpaired) electrons. The van der Waals surface area contributed by atoms with Crippen molar-refractivity contribution < 1.29 is 14.3 Å². The van der Waals surface area contributed by atoms with Crippen molar-refractivity contribution in [1.29, 1.82) is 0 Å². The maximum absolute atomic E-state index is 13.0. The van der Waals surface area contributed by atoms with E-state index in [4.69, 9.17) is 16.7 Å². The van der Waals surface area contributed by atoms with Crippen LogP contribution >= 0.6 is 11.6 Å². The van der Waals surface area contributed by atoms with Crippen LogP contribution in [0.5, 0.6) is 0 Å². The molecule has 1 unspecified atom stereocenters. The lowest BCUT2D eigenvalue weighted by Crippen LogP contribution is -2.29. The van der Waals surface area contributed by atoms with E-state index in [9.17, 15) is 9.18 Å². The van der Waals surface area contributed by atoms with Crippen molar-refractivity contribution >= 4 is 23.3 Å². The Bertz CT molecular complexity index is 411. The number of carboxylic acids is 1. The van der Waals surface area contributed by atoms with E-state index in [0.717, 1.165) is 0 Å². The number of aliphatic carboxylic acids is 1. The highest BCUT2D eigenvalue weighted by atomic mass is 35.5. The van der Waals surface area contributed by atoms with Gasteiger partial charge in [-0.15, -0.1) is 0 Å². The van der Waals surface area contributed by atoms with Crippen molar-refractivity contribution in [2.75, 3.05) is 18.5 Å². The second-order valence-electron chi connectivity index (χ2n) is 3.92. The molecule has 0 fully saturated rings. The number of rotatable bonds is 5. The predicted molar refractivity (Wildman–Crippen MR) is 66.1 cm³/mol. The van der Waals surface area contributed by atoms with Gasteiger partial charge < -0.3 is 10.0 Å². The van der Waals surface area contributed by atoms with Gasteiger partial charge in [-0.3, -0.25) is 4.79 Å². The molecule has 1 aromatic rings. The number of carboxylic acid groups (broad SMARTS) is 1. The van der Waals surface area contributed by atoms with Crippen LogP contribution in [-0.4, -0.2) is 24.7 Å². The Morgan fingerprint density at radius 2 is 2.24 bits per heavy atom. The van der Waals surface area contributed by atoms with Crippen LogP contribution in [0.25, 0.3) is 0 Å². The van der Waals surface area contributed by atoms with Crippen LogP contribution in [0, 0.1) is 11.7 Å². The molecule has 1 N–H and O–H groups in total. The second kappa shape index (κ2) is 5.87. The van der Waals surface area contributed by atoms with Crippen LogP contribution in [0.3, 0.4) is 0 Å². The van der Waals surface area contributed by atoms with Crippen LogP contribution in [0.2, 0.25) is 5.02 Å². The molecule has 0 amide bonds. The van der Waals surface area contributed by atoms with Gasteiger partial charge >= 0.3 is 5.97 Å². The lowest BCUT2D eigenvalue weighted by atomic mass is 10.1. The molecule has 0 heterocycles. The third kappa shape index (κ3) is 3.60. The Morgan fingerprint density at radius 1 is 1.59 bits per heavy atom. The third-order valence-corrected chi connectivity index (χ3v) is 2.97. The molecule has 0 aliphatic carbocycles. The van der Waals surface area contributed by atoms with Crippen LogP contribution in [-0.2, 0) is 4.79 Å². The van der Waals surface area contributed by atoms with Crippen molar-refractivity contribution in [2.45, 2.75) is 13.3 Å². The minimum Gasteiger partial charge on any atom is -0.481 e. The van der Waals surface area contributed by atoms with Crippen LogP contribution < -0.4 is 4.90 Å². The van der Waals surface area contributed by atoms with Gasteiger partial charge in [-0.25, -0.2) is 4.39 Å². The standard InChI is InChI=1S/C12H15ClFNO2/c1-3-8(12(16)17)7-15(2)9-4-5-11(14)10(13)6-9/h4-6,8H,3,7H2,1-2H3,(H,16,17). The summed E-state index contributed by atoms with van der Waals surface area (Å²) in [6.45, 7) is 2.19. The van der Waals surface area contributed by atoms with Gasteiger partial charge in [-0.1, -0.05) is 18.5 Å². The summed E-state index contributed by atoms with van der Waals surface area (Å²) in [4.78, 5) is 12.7. The maximum atomic E-state index is 13.0. The van der Waals surface area contributed by atoms with E-state index in [1.54, 1.807) is 18.0 Å². The number of nitrogens with zero attached hydrogens (tertiary/aromatic N) is 1. The monoisotopic (exact) mass is 259 g/mol. The fourth-order valence-corrected chi connectivity index (χ4v) is 1.72. The minimum atomic E-state index is -0.826. The minimum absolute atomic E-state index is 0.0396. The maximum Gasteiger partial charge on any atom is 0.308 e. The first-order valence-electron chi connectivity index (χ1n) is 5.34. The van der Waals surface area contributed by atoms with Gasteiger partial charge in [-0.05, 0) is 24.6 Å². The van der Waals surface area contributed by atoms with Crippen LogP contribution in [0.4, 0.5) is 10.1 Å². The molecule has 0 aliphatic heterocycles. The van der Waals surface area contributed by atoms with Gasteiger partial charge in [0.25, 0.3) is 0 Å². The van der Waals surface area contributed by atoms with Crippen molar-refractivity contribution in [1.82, 2.24) is 0 Å². The number of hydrogen-bond donors (Lipinski definition) is 1. The third-order valence-electron chi connectivity index (χ3n) is 2.68. The Balaban J connectivity index is 2.78. The highest BCUT2D eigenvalue weighted by Gasteiger charge is 2.17. The molecule has 17 heavy (non-hydrogen) atoms. The first-order valence-corrected chi connectivity index (χ1v) is 5.72. The highest BCUT2D eigenvalue weighted by molar-refractivity contribution is 6.31.